The van der Waals surface area contributed by atoms with Crippen molar-refractivity contribution in [3.63, 3.8) is 0 Å². The van der Waals surface area contributed by atoms with Crippen LogP contribution in [0.1, 0.15) is 94.7 Å². The molecule has 220 valence electrons. The summed E-state index contributed by atoms with van der Waals surface area (Å²) in [7, 11) is 0. The summed E-state index contributed by atoms with van der Waals surface area (Å²) in [6.45, 7) is 15.4. The Morgan fingerprint density at radius 1 is 0.744 bits per heavy atom. The predicted octanol–water partition coefficient (Wildman–Crippen LogP) is 9.02. The van der Waals surface area contributed by atoms with Crippen LogP contribution in [0.2, 0.25) is 0 Å². The van der Waals surface area contributed by atoms with Crippen molar-refractivity contribution < 1.29 is 9.13 Å². The van der Waals surface area contributed by atoms with Crippen molar-refractivity contribution in [1.29, 1.82) is 0 Å². The predicted molar refractivity (Wildman–Crippen MR) is 177 cm³/mol. The number of rotatable bonds is 9. The highest BCUT2D eigenvalue weighted by molar-refractivity contribution is 6.04. The number of hydrogen-bond acceptors (Lipinski definition) is 0. The lowest BCUT2D eigenvalue weighted by Crippen LogP contribution is -2.56. The summed E-state index contributed by atoms with van der Waals surface area (Å²) in [5.41, 5.74) is 13.5. The number of fused-ring (bicyclic) bond motifs is 7. The molecule has 0 N–H and O–H groups in total. The van der Waals surface area contributed by atoms with Crippen LogP contribution in [-0.2, 0) is 23.9 Å². The van der Waals surface area contributed by atoms with Crippen molar-refractivity contribution in [2.45, 2.75) is 97.6 Å². The fourth-order valence-electron chi connectivity index (χ4n) is 9.80. The van der Waals surface area contributed by atoms with E-state index in [1.807, 2.05) is 0 Å². The topological polar surface area (TPSA) is 7.76 Å². The first-order chi connectivity index (χ1) is 20.9. The molecule has 3 aliphatic rings. The lowest BCUT2D eigenvalue weighted by molar-refractivity contribution is -0.752. The number of unbranched alkanes of at least 4 members (excludes halogenated alkanes) is 1. The number of aryl methyl sites for hydroxylation is 3. The summed E-state index contributed by atoms with van der Waals surface area (Å²) in [5.74, 6) is 0.576. The van der Waals surface area contributed by atoms with Gasteiger partial charge < -0.3 is 0 Å². The van der Waals surface area contributed by atoms with Gasteiger partial charge in [-0.2, -0.15) is 9.13 Å². The van der Waals surface area contributed by atoms with Crippen LogP contribution >= 0.6 is 0 Å². The van der Waals surface area contributed by atoms with Gasteiger partial charge in [0.15, 0.2) is 17.9 Å². The summed E-state index contributed by atoms with van der Waals surface area (Å²) >= 11 is 0. The largest absolute Gasteiger partial charge is 0.212 e. The average Bonchev–Trinajstić information content (AvgIpc) is 3.56. The smallest absolute Gasteiger partial charge is 0.198 e. The molecule has 3 heterocycles. The van der Waals surface area contributed by atoms with Crippen molar-refractivity contribution in [2.24, 2.45) is 11.3 Å². The van der Waals surface area contributed by atoms with Crippen LogP contribution in [0.5, 0.6) is 0 Å². The van der Waals surface area contributed by atoms with Crippen LogP contribution in [0.3, 0.4) is 0 Å². The standard InChI is InChI=1S/C41H48N2/c1-7-10-18-30-23-27-43-35(28-30)38-37(32-20-13-14-21-33(32)39(38,5)6)40(8-2)36(41(40,43)9-3)24-26-42-25-16-15-22-34(42)31-19-12-11-17-29(31)4/h11-17,19-23,25,27-28,36H,7-10,18,24,26H2,1-6H3/q+2. The molecule has 1 aliphatic heterocycles. The van der Waals surface area contributed by atoms with E-state index in [1.165, 1.54) is 64.9 Å². The fraction of sp³-hybridized carbons (Fsp3) is 0.415. The maximum absolute atomic E-state index is 2.78. The minimum Gasteiger partial charge on any atom is -0.198 e. The molecular formula is C41H48N2+2. The molecule has 2 aromatic carbocycles. The first-order valence-electron chi connectivity index (χ1n) is 16.8. The third kappa shape index (κ3) is 3.77. The van der Waals surface area contributed by atoms with E-state index in [9.17, 15) is 0 Å². The number of nitrogens with zero attached hydrogens (tertiary/aromatic N) is 2. The quantitative estimate of drug-likeness (QED) is 0.178. The van der Waals surface area contributed by atoms with Crippen LogP contribution in [0.25, 0.3) is 22.4 Å². The summed E-state index contributed by atoms with van der Waals surface area (Å²) in [4.78, 5) is 0. The van der Waals surface area contributed by atoms with Crippen LogP contribution in [0, 0.1) is 18.3 Å². The average molecular weight is 569 g/mol. The fourth-order valence-corrected chi connectivity index (χ4v) is 9.80. The summed E-state index contributed by atoms with van der Waals surface area (Å²) in [6.07, 6.45) is 11.9. The lowest BCUT2D eigenvalue weighted by Gasteiger charge is -2.32. The second-order valence-electron chi connectivity index (χ2n) is 13.9. The Morgan fingerprint density at radius 2 is 1.49 bits per heavy atom. The molecule has 2 heteroatoms. The molecule has 3 unspecified atom stereocenters. The van der Waals surface area contributed by atoms with E-state index in [1.54, 1.807) is 11.1 Å². The molecule has 7 rings (SSSR count). The van der Waals surface area contributed by atoms with Gasteiger partial charge >= 0.3 is 0 Å². The first-order valence-corrected chi connectivity index (χ1v) is 16.8. The second kappa shape index (κ2) is 10.3. The second-order valence-corrected chi connectivity index (χ2v) is 13.9. The van der Waals surface area contributed by atoms with E-state index in [0.29, 0.717) is 5.92 Å². The Kier molecular flexibility index (Phi) is 6.76. The number of aromatic nitrogens is 2. The molecular weight excluding hydrogens is 520 g/mol. The maximum Gasteiger partial charge on any atom is 0.212 e. The van der Waals surface area contributed by atoms with E-state index in [0.717, 1.165) is 19.4 Å². The van der Waals surface area contributed by atoms with Gasteiger partial charge in [0.2, 0.25) is 11.4 Å². The molecule has 43 heavy (non-hydrogen) atoms. The summed E-state index contributed by atoms with van der Waals surface area (Å²) < 4.78 is 5.29. The van der Waals surface area contributed by atoms with Crippen LogP contribution in [0.15, 0.2) is 91.3 Å². The van der Waals surface area contributed by atoms with Gasteiger partial charge in [-0.1, -0.05) is 83.5 Å². The van der Waals surface area contributed by atoms with Crippen LogP contribution in [-0.4, -0.2) is 0 Å². The monoisotopic (exact) mass is 568 g/mol. The molecule has 2 aromatic heterocycles. The number of pyridine rings is 2. The zero-order valence-corrected chi connectivity index (χ0v) is 27.1. The number of allylic oxidation sites excluding steroid dienone is 2. The first kappa shape index (κ1) is 28.3. The van der Waals surface area contributed by atoms with Gasteiger partial charge in [0.25, 0.3) is 0 Å². The molecule has 0 saturated heterocycles. The van der Waals surface area contributed by atoms with Crippen LogP contribution in [0.4, 0.5) is 0 Å². The van der Waals surface area contributed by atoms with E-state index in [2.05, 4.69) is 142 Å². The minimum atomic E-state index is -0.0154. The van der Waals surface area contributed by atoms with Crippen molar-refractivity contribution in [2.75, 3.05) is 0 Å². The van der Waals surface area contributed by atoms with Crippen molar-refractivity contribution in [3.8, 4) is 11.3 Å². The molecule has 1 saturated carbocycles. The molecule has 3 atom stereocenters. The molecule has 0 amide bonds. The molecule has 2 aliphatic carbocycles. The summed E-state index contributed by atoms with van der Waals surface area (Å²) in [5, 5.41) is 0. The highest BCUT2D eigenvalue weighted by Gasteiger charge is 2.86. The lowest BCUT2D eigenvalue weighted by atomic mass is 9.74. The Bertz CT molecular complexity index is 1740. The van der Waals surface area contributed by atoms with E-state index in [-0.39, 0.29) is 16.4 Å². The highest BCUT2D eigenvalue weighted by atomic mass is 15.2. The van der Waals surface area contributed by atoms with Gasteiger partial charge in [0, 0.05) is 59.6 Å². The maximum atomic E-state index is 2.78. The Balaban J connectivity index is 1.38. The molecule has 2 nitrogen and oxygen atoms in total. The van der Waals surface area contributed by atoms with E-state index >= 15 is 0 Å². The van der Waals surface area contributed by atoms with Gasteiger partial charge in [0.05, 0.1) is 5.41 Å². The third-order valence-corrected chi connectivity index (χ3v) is 11.7. The van der Waals surface area contributed by atoms with Crippen molar-refractivity contribution in [1.82, 2.24) is 0 Å². The van der Waals surface area contributed by atoms with Gasteiger partial charge in [-0.15, -0.1) is 0 Å². The Morgan fingerprint density at radius 3 is 2.23 bits per heavy atom. The third-order valence-electron chi connectivity index (χ3n) is 11.7. The minimum absolute atomic E-state index is 0.0154. The van der Waals surface area contributed by atoms with Crippen molar-refractivity contribution >= 4 is 11.1 Å². The van der Waals surface area contributed by atoms with Crippen LogP contribution < -0.4 is 9.13 Å². The molecule has 1 fully saturated rings. The van der Waals surface area contributed by atoms with E-state index < -0.39 is 0 Å². The normalized spacial score (nSPS) is 24.3. The molecule has 0 spiro atoms. The molecule has 0 bridgehead atoms. The highest BCUT2D eigenvalue weighted by Crippen LogP contribution is 2.79. The zero-order valence-electron chi connectivity index (χ0n) is 27.1. The molecule has 0 radical (unpaired) electrons. The SMILES string of the molecule is CCCCc1cc[n+]2c(c1)C1=C(c3ccccc3C1(C)C)C1(CC)C(CC[n+]3ccccc3-c3ccccc3C)C21CC. The Labute approximate surface area is 259 Å². The zero-order chi connectivity index (χ0) is 30.0. The molecule has 4 aromatic rings. The number of benzene rings is 2. The Hall–Kier alpha value is -3.52. The van der Waals surface area contributed by atoms with Gasteiger partial charge in [-0.3, -0.25) is 0 Å². The van der Waals surface area contributed by atoms with E-state index in [4.69, 9.17) is 0 Å². The van der Waals surface area contributed by atoms with Gasteiger partial charge in [0.1, 0.15) is 6.54 Å². The van der Waals surface area contributed by atoms with Crippen molar-refractivity contribution in [3.05, 3.63) is 119 Å². The van der Waals surface area contributed by atoms with Gasteiger partial charge in [-0.25, -0.2) is 0 Å². The number of hydrogen-bond donors (Lipinski definition) is 0. The van der Waals surface area contributed by atoms with Gasteiger partial charge in [-0.05, 0) is 66.1 Å². The summed E-state index contributed by atoms with van der Waals surface area (Å²) in [6, 6.07) is 29.9.